The van der Waals surface area contributed by atoms with Gasteiger partial charge in [-0.05, 0) is 18.1 Å². The van der Waals surface area contributed by atoms with Crippen LogP contribution in [-0.4, -0.2) is 49.0 Å². The Hall–Kier alpha value is -0.460. The summed E-state index contributed by atoms with van der Waals surface area (Å²) in [6, 6.07) is 8.19. The lowest BCUT2D eigenvalue weighted by molar-refractivity contribution is -0.0282. The highest BCUT2D eigenvalue weighted by Gasteiger charge is 2.22. The Balaban J connectivity index is 1.89. The summed E-state index contributed by atoms with van der Waals surface area (Å²) < 4.78 is 6.43. The zero-order valence-electron chi connectivity index (χ0n) is 11.0. The first-order valence-corrected chi connectivity index (χ1v) is 7.44. The van der Waals surface area contributed by atoms with Crippen LogP contribution in [0.15, 0.2) is 28.7 Å². The number of hydrogen-bond acceptors (Lipinski definition) is 4. The van der Waals surface area contributed by atoms with Gasteiger partial charge >= 0.3 is 0 Å². The third-order valence-corrected chi connectivity index (χ3v) is 4.31. The van der Waals surface area contributed by atoms with Gasteiger partial charge in [-0.2, -0.15) is 0 Å². The van der Waals surface area contributed by atoms with Gasteiger partial charge < -0.3 is 15.6 Å². The van der Waals surface area contributed by atoms with Gasteiger partial charge in [0.2, 0.25) is 0 Å². The van der Waals surface area contributed by atoms with Crippen molar-refractivity contribution in [2.24, 2.45) is 5.73 Å². The standard InChI is InChI=1S/C14H21BrN2O2/c15-13-4-2-1-3-12(13)14(16)5-6-17-7-8-19-10-11(17)9-18/h1-4,11,14,18H,5-10,16H2. The van der Waals surface area contributed by atoms with Gasteiger partial charge in [0.1, 0.15) is 0 Å². The zero-order valence-corrected chi connectivity index (χ0v) is 12.6. The first-order valence-electron chi connectivity index (χ1n) is 6.65. The molecule has 0 bridgehead atoms. The van der Waals surface area contributed by atoms with Crippen molar-refractivity contribution < 1.29 is 9.84 Å². The molecule has 2 rings (SSSR count). The van der Waals surface area contributed by atoms with Crippen LogP contribution in [0, 0.1) is 0 Å². The predicted octanol–water partition coefficient (Wildman–Crippen LogP) is 1.53. The fourth-order valence-corrected chi connectivity index (χ4v) is 2.97. The van der Waals surface area contributed by atoms with Gasteiger partial charge in [0, 0.05) is 23.6 Å². The van der Waals surface area contributed by atoms with E-state index in [2.05, 4.69) is 26.9 Å². The maximum Gasteiger partial charge on any atom is 0.0644 e. The Kier molecular flexibility index (Phi) is 5.78. The number of rotatable bonds is 5. The van der Waals surface area contributed by atoms with Crippen LogP contribution in [0.2, 0.25) is 0 Å². The van der Waals surface area contributed by atoms with Crippen LogP contribution in [-0.2, 0) is 4.74 Å². The Morgan fingerprint density at radius 2 is 2.26 bits per heavy atom. The second kappa shape index (κ2) is 7.36. The van der Waals surface area contributed by atoms with E-state index in [-0.39, 0.29) is 18.7 Å². The smallest absolute Gasteiger partial charge is 0.0644 e. The highest BCUT2D eigenvalue weighted by atomic mass is 79.9. The Morgan fingerprint density at radius 1 is 1.47 bits per heavy atom. The summed E-state index contributed by atoms with van der Waals surface area (Å²) in [5.41, 5.74) is 7.38. The Morgan fingerprint density at radius 3 is 3.00 bits per heavy atom. The van der Waals surface area contributed by atoms with Crippen molar-refractivity contribution in [3.8, 4) is 0 Å². The van der Waals surface area contributed by atoms with Gasteiger partial charge in [0.05, 0.1) is 25.9 Å². The fraction of sp³-hybridized carbons (Fsp3) is 0.571. The van der Waals surface area contributed by atoms with Crippen LogP contribution in [0.25, 0.3) is 0 Å². The summed E-state index contributed by atoms with van der Waals surface area (Å²) in [5.74, 6) is 0. The van der Waals surface area contributed by atoms with Crippen LogP contribution in [0.5, 0.6) is 0 Å². The minimum Gasteiger partial charge on any atom is -0.395 e. The summed E-state index contributed by atoms with van der Waals surface area (Å²) in [5, 5.41) is 9.33. The number of nitrogens with zero attached hydrogens (tertiary/aromatic N) is 1. The van der Waals surface area contributed by atoms with Crippen LogP contribution in [0.4, 0.5) is 0 Å². The van der Waals surface area contributed by atoms with E-state index in [1.165, 1.54) is 0 Å². The van der Waals surface area contributed by atoms with Gasteiger partial charge in [-0.3, -0.25) is 4.90 Å². The molecule has 1 aliphatic heterocycles. The lowest BCUT2D eigenvalue weighted by Gasteiger charge is -2.35. The first kappa shape index (κ1) is 14.9. The number of aliphatic hydroxyl groups excluding tert-OH is 1. The molecule has 1 heterocycles. The van der Waals surface area contributed by atoms with E-state index in [0.29, 0.717) is 6.61 Å². The molecule has 1 aromatic rings. The SMILES string of the molecule is NC(CCN1CCOCC1CO)c1ccccc1Br. The highest BCUT2D eigenvalue weighted by Crippen LogP contribution is 2.24. The maximum absolute atomic E-state index is 9.33. The third kappa shape index (κ3) is 4.00. The normalized spacial score (nSPS) is 22.4. The number of nitrogens with two attached hydrogens (primary N) is 1. The largest absolute Gasteiger partial charge is 0.395 e. The molecule has 5 heteroatoms. The maximum atomic E-state index is 9.33. The molecule has 0 saturated carbocycles. The van der Waals surface area contributed by atoms with Crippen LogP contribution in [0.3, 0.4) is 0 Å². The molecule has 1 aliphatic rings. The Labute approximate surface area is 122 Å². The molecule has 1 fully saturated rings. The van der Waals surface area contributed by atoms with E-state index in [9.17, 15) is 5.11 Å². The minimum absolute atomic E-state index is 0.0118. The summed E-state index contributed by atoms with van der Waals surface area (Å²) in [4.78, 5) is 2.26. The average Bonchev–Trinajstić information content (AvgIpc) is 2.45. The molecule has 106 valence electrons. The number of hydrogen-bond donors (Lipinski definition) is 2. The zero-order chi connectivity index (χ0) is 13.7. The van der Waals surface area contributed by atoms with Gasteiger partial charge in [0.25, 0.3) is 0 Å². The second-order valence-corrected chi connectivity index (χ2v) is 5.72. The van der Waals surface area contributed by atoms with Gasteiger partial charge in [-0.15, -0.1) is 0 Å². The van der Waals surface area contributed by atoms with Crippen LogP contribution >= 0.6 is 15.9 Å². The number of morpholine rings is 1. The van der Waals surface area contributed by atoms with Crippen molar-refractivity contribution in [1.82, 2.24) is 4.90 Å². The van der Waals surface area contributed by atoms with E-state index in [1.54, 1.807) is 0 Å². The number of ether oxygens (including phenoxy) is 1. The fourth-order valence-electron chi connectivity index (χ4n) is 2.39. The van der Waals surface area contributed by atoms with E-state index >= 15 is 0 Å². The summed E-state index contributed by atoms with van der Waals surface area (Å²) in [6.07, 6.45) is 0.874. The monoisotopic (exact) mass is 328 g/mol. The molecular formula is C14H21BrN2O2. The minimum atomic E-state index is 0.0118. The van der Waals surface area contributed by atoms with Crippen molar-refractivity contribution in [2.75, 3.05) is 32.9 Å². The molecule has 0 spiro atoms. The van der Waals surface area contributed by atoms with Crippen molar-refractivity contribution >= 4 is 15.9 Å². The molecule has 0 aromatic heterocycles. The lowest BCUT2D eigenvalue weighted by Crippen LogP contribution is -2.48. The molecule has 19 heavy (non-hydrogen) atoms. The molecule has 0 aliphatic carbocycles. The van der Waals surface area contributed by atoms with E-state index in [4.69, 9.17) is 10.5 Å². The van der Waals surface area contributed by atoms with Gasteiger partial charge in [0.15, 0.2) is 0 Å². The van der Waals surface area contributed by atoms with E-state index in [0.717, 1.165) is 36.2 Å². The van der Waals surface area contributed by atoms with E-state index < -0.39 is 0 Å². The first-order chi connectivity index (χ1) is 9.22. The summed E-state index contributed by atoms with van der Waals surface area (Å²) in [6.45, 7) is 3.25. The van der Waals surface area contributed by atoms with Crippen molar-refractivity contribution in [3.05, 3.63) is 34.3 Å². The topological polar surface area (TPSA) is 58.7 Å². The number of halogens is 1. The molecule has 3 N–H and O–H groups in total. The quantitative estimate of drug-likeness (QED) is 0.860. The molecule has 2 unspecified atom stereocenters. The number of benzene rings is 1. The summed E-state index contributed by atoms with van der Waals surface area (Å²) >= 11 is 3.53. The predicted molar refractivity (Wildman–Crippen MR) is 79.0 cm³/mol. The molecule has 0 amide bonds. The van der Waals surface area contributed by atoms with Crippen LogP contribution < -0.4 is 5.73 Å². The molecule has 1 aromatic carbocycles. The Bertz CT molecular complexity index is 403. The third-order valence-electron chi connectivity index (χ3n) is 3.59. The molecule has 1 saturated heterocycles. The van der Waals surface area contributed by atoms with Crippen LogP contribution in [0.1, 0.15) is 18.0 Å². The van der Waals surface area contributed by atoms with Gasteiger partial charge in [-0.25, -0.2) is 0 Å². The van der Waals surface area contributed by atoms with Crippen molar-refractivity contribution in [1.29, 1.82) is 0 Å². The highest BCUT2D eigenvalue weighted by molar-refractivity contribution is 9.10. The van der Waals surface area contributed by atoms with Gasteiger partial charge in [-0.1, -0.05) is 34.1 Å². The second-order valence-electron chi connectivity index (χ2n) is 4.86. The van der Waals surface area contributed by atoms with Crippen molar-refractivity contribution in [2.45, 2.75) is 18.5 Å². The molecule has 4 nitrogen and oxygen atoms in total. The van der Waals surface area contributed by atoms with E-state index in [1.807, 2.05) is 18.2 Å². The molecule has 0 radical (unpaired) electrons. The molecular weight excluding hydrogens is 308 g/mol. The lowest BCUT2D eigenvalue weighted by atomic mass is 10.0. The average molecular weight is 329 g/mol. The van der Waals surface area contributed by atoms with Crippen molar-refractivity contribution in [3.63, 3.8) is 0 Å². The number of aliphatic hydroxyl groups is 1. The summed E-state index contributed by atoms with van der Waals surface area (Å²) in [7, 11) is 0. The molecule has 2 atom stereocenters.